The van der Waals surface area contributed by atoms with Crippen LogP contribution in [-0.2, 0) is 6.54 Å². The van der Waals surface area contributed by atoms with Crippen LogP contribution in [0.3, 0.4) is 0 Å². The van der Waals surface area contributed by atoms with Crippen LogP contribution in [0.5, 0.6) is 5.75 Å². The fourth-order valence-corrected chi connectivity index (χ4v) is 2.52. The van der Waals surface area contributed by atoms with E-state index in [1.165, 1.54) is 18.2 Å². The van der Waals surface area contributed by atoms with Gasteiger partial charge in [-0.25, -0.2) is 13.8 Å². The van der Waals surface area contributed by atoms with Gasteiger partial charge in [-0.2, -0.15) is 0 Å². The van der Waals surface area contributed by atoms with E-state index >= 15 is 0 Å². The van der Waals surface area contributed by atoms with Crippen molar-refractivity contribution in [3.8, 4) is 17.0 Å². The van der Waals surface area contributed by atoms with Gasteiger partial charge in [-0.15, -0.1) is 0 Å². The van der Waals surface area contributed by atoms with Crippen molar-refractivity contribution in [3.63, 3.8) is 0 Å². The van der Waals surface area contributed by atoms with Crippen LogP contribution in [-0.4, -0.2) is 28.8 Å². The van der Waals surface area contributed by atoms with E-state index < -0.39 is 11.6 Å². The smallest absolute Gasteiger partial charge is 0.165 e. The number of rotatable bonds is 8. The highest BCUT2D eigenvalue weighted by molar-refractivity contribution is 5.60. The Bertz CT molecular complexity index is 736. The van der Waals surface area contributed by atoms with E-state index in [-0.39, 0.29) is 42.7 Å². The van der Waals surface area contributed by atoms with Crippen molar-refractivity contribution in [3.05, 3.63) is 47.7 Å². The number of nitrogens with one attached hydrogen (secondary N) is 1. The molecule has 0 aliphatic rings. The van der Waals surface area contributed by atoms with Gasteiger partial charge in [-0.05, 0) is 50.1 Å². The molecule has 2 aromatic rings. The molecule has 0 saturated heterocycles. The van der Waals surface area contributed by atoms with Crippen LogP contribution in [0.15, 0.2) is 30.3 Å². The van der Waals surface area contributed by atoms with Crippen molar-refractivity contribution in [2.45, 2.75) is 46.4 Å². The first-order valence-electron chi connectivity index (χ1n) is 8.78. The number of halogens is 2. The molecule has 6 heteroatoms. The fourth-order valence-electron chi connectivity index (χ4n) is 2.52. The summed E-state index contributed by atoms with van der Waals surface area (Å²) >= 11 is 0. The SMILES string of the molecule is CC(C)Oc1ccc(-c2ccc(F)c(CN[C@@H](CO)C(C)C)n2)cc1F. The Kier molecular flexibility index (Phi) is 7.06. The summed E-state index contributed by atoms with van der Waals surface area (Å²) in [5, 5.41) is 12.5. The number of ether oxygens (including phenoxy) is 1. The molecule has 2 rings (SSSR count). The highest BCUT2D eigenvalue weighted by Crippen LogP contribution is 2.26. The average molecular weight is 364 g/mol. The lowest BCUT2D eigenvalue weighted by atomic mass is 10.1. The summed E-state index contributed by atoms with van der Waals surface area (Å²) in [5.41, 5.74) is 1.25. The Morgan fingerprint density at radius 3 is 2.38 bits per heavy atom. The maximum absolute atomic E-state index is 14.2. The first kappa shape index (κ1) is 20.3. The molecule has 0 aliphatic carbocycles. The highest BCUT2D eigenvalue weighted by atomic mass is 19.1. The second-order valence-corrected chi connectivity index (χ2v) is 6.85. The van der Waals surface area contributed by atoms with Crippen LogP contribution in [0.25, 0.3) is 11.3 Å². The third-order valence-electron chi connectivity index (χ3n) is 4.04. The maximum atomic E-state index is 14.2. The molecule has 1 aromatic heterocycles. The Morgan fingerprint density at radius 1 is 1.08 bits per heavy atom. The van der Waals surface area contributed by atoms with E-state index in [1.807, 2.05) is 27.7 Å². The van der Waals surface area contributed by atoms with Crippen molar-refractivity contribution in [2.24, 2.45) is 5.92 Å². The Balaban J connectivity index is 2.22. The lowest BCUT2D eigenvalue weighted by Gasteiger charge is -2.20. The normalized spacial score (nSPS) is 12.7. The number of nitrogens with zero attached hydrogens (tertiary/aromatic N) is 1. The van der Waals surface area contributed by atoms with Crippen molar-refractivity contribution >= 4 is 0 Å². The van der Waals surface area contributed by atoms with Gasteiger partial charge in [0.2, 0.25) is 0 Å². The summed E-state index contributed by atoms with van der Waals surface area (Å²) in [6.07, 6.45) is -0.127. The topological polar surface area (TPSA) is 54.4 Å². The number of benzene rings is 1. The molecule has 1 aromatic carbocycles. The Hall–Kier alpha value is -2.05. The third kappa shape index (κ3) is 5.22. The van der Waals surface area contributed by atoms with Gasteiger partial charge in [0.15, 0.2) is 11.6 Å². The molecule has 2 N–H and O–H groups in total. The molecular formula is C20H26F2N2O2. The monoisotopic (exact) mass is 364 g/mol. The lowest BCUT2D eigenvalue weighted by Crippen LogP contribution is -2.36. The van der Waals surface area contributed by atoms with Gasteiger partial charge < -0.3 is 15.2 Å². The molecule has 4 nitrogen and oxygen atoms in total. The van der Waals surface area contributed by atoms with Crippen molar-refractivity contribution in [1.82, 2.24) is 10.3 Å². The van der Waals surface area contributed by atoms with E-state index in [2.05, 4.69) is 10.3 Å². The molecule has 0 fully saturated rings. The van der Waals surface area contributed by atoms with Gasteiger partial charge in [0.05, 0.1) is 24.1 Å². The molecule has 0 aliphatic heterocycles. The fraction of sp³-hybridized carbons (Fsp3) is 0.450. The number of aliphatic hydroxyl groups is 1. The second-order valence-electron chi connectivity index (χ2n) is 6.85. The summed E-state index contributed by atoms with van der Waals surface area (Å²) in [7, 11) is 0. The number of aliphatic hydroxyl groups excluding tert-OH is 1. The van der Waals surface area contributed by atoms with Gasteiger partial charge in [-0.1, -0.05) is 13.8 Å². The van der Waals surface area contributed by atoms with Crippen molar-refractivity contribution < 1.29 is 18.6 Å². The zero-order valence-corrected chi connectivity index (χ0v) is 15.6. The lowest BCUT2D eigenvalue weighted by molar-refractivity contribution is 0.209. The standard InChI is InChI=1S/C20H26F2N2O2/c1-12(2)19(11-25)23-10-18-15(21)6-7-17(24-18)14-5-8-20(16(22)9-14)26-13(3)4/h5-9,12-13,19,23,25H,10-11H2,1-4H3/t19-/m0/s1. The van der Waals surface area contributed by atoms with Crippen LogP contribution in [0, 0.1) is 17.6 Å². The first-order chi connectivity index (χ1) is 12.3. The predicted molar refractivity (Wildman–Crippen MR) is 97.9 cm³/mol. The molecule has 1 heterocycles. The molecule has 0 saturated carbocycles. The molecule has 0 bridgehead atoms. The number of hydrogen-bond donors (Lipinski definition) is 2. The van der Waals surface area contributed by atoms with Gasteiger partial charge in [0.25, 0.3) is 0 Å². The molecule has 0 radical (unpaired) electrons. The summed E-state index contributed by atoms with van der Waals surface area (Å²) in [6.45, 7) is 7.73. The molecule has 0 unspecified atom stereocenters. The zero-order valence-electron chi connectivity index (χ0n) is 15.6. The molecule has 1 atom stereocenters. The molecule has 26 heavy (non-hydrogen) atoms. The van der Waals surface area contributed by atoms with Crippen LogP contribution in [0.1, 0.15) is 33.4 Å². The predicted octanol–water partition coefficient (Wildman–Crippen LogP) is 3.92. The third-order valence-corrected chi connectivity index (χ3v) is 4.04. The Labute approximate surface area is 153 Å². The van der Waals surface area contributed by atoms with Gasteiger partial charge >= 0.3 is 0 Å². The summed E-state index contributed by atoms with van der Waals surface area (Å²) in [5.74, 6) is -0.548. The van der Waals surface area contributed by atoms with E-state index in [0.717, 1.165) is 0 Å². The van der Waals surface area contributed by atoms with Gasteiger partial charge in [0, 0.05) is 18.2 Å². The van der Waals surface area contributed by atoms with Crippen LogP contribution < -0.4 is 10.1 Å². The molecule has 142 valence electrons. The number of aromatic nitrogens is 1. The minimum atomic E-state index is -0.484. The van der Waals surface area contributed by atoms with E-state index in [9.17, 15) is 13.9 Å². The van der Waals surface area contributed by atoms with Crippen molar-refractivity contribution in [2.75, 3.05) is 6.61 Å². The number of hydrogen-bond acceptors (Lipinski definition) is 4. The van der Waals surface area contributed by atoms with E-state index in [4.69, 9.17) is 4.74 Å². The first-order valence-corrected chi connectivity index (χ1v) is 8.78. The van der Waals surface area contributed by atoms with Crippen LogP contribution >= 0.6 is 0 Å². The summed E-state index contributed by atoms with van der Waals surface area (Å²) < 4.78 is 33.7. The van der Waals surface area contributed by atoms with Crippen LogP contribution in [0.4, 0.5) is 8.78 Å². The summed E-state index contributed by atoms with van der Waals surface area (Å²) in [6, 6.07) is 7.27. The van der Waals surface area contributed by atoms with E-state index in [1.54, 1.807) is 12.1 Å². The Morgan fingerprint density at radius 2 is 1.81 bits per heavy atom. The maximum Gasteiger partial charge on any atom is 0.165 e. The van der Waals surface area contributed by atoms with Gasteiger partial charge in [0.1, 0.15) is 5.82 Å². The van der Waals surface area contributed by atoms with Gasteiger partial charge in [-0.3, -0.25) is 0 Å². The van der Waals surface area contributed by atoms with E-state index in [0.29, 0.717) is 11.3 Å². The quantitative estimate of drug-likeness (QED) is 0.745. The zero-order chi connectivity index (χ0) is 19.3. The molecule has 0 spiro atoms. The minimum absolute atomic E-state index is 0.0402. The minimum Gasteiger partial charge on any atom is -0.488 e. The average Bonchev–Trinajstić information content (AvgIpc) is 2.58. The largest absolute Gasteiger partial charge is 0.488 e. The second kappa shape index (κ2) is 9.05. The highest BCUT2D eigenvalue weighted by Gasteiger charge is 2.15. The molecular weight excluding hydrogens is 338 g/mol. The summed E-state index contributed by atoms with van der Waals surface area (Å²) in [4.78, 5) is 4.31. The van der Waals surface area contributed by atoms with Crippen LogP contribution in [0.2, 0.25) is 0 Å². The molecule has 0 amide bonds. The number of pyridine rings is 1. The van der Waals surface area contributed by atoms with Crippen molar-refractivity contribution in [1.29, 1.82) is 0 Å².